The van der Waals surface area contributed by atoms with Crippen molar-refractivity contribution in [1.82, 2.24) is 0 Å². The zero-order chi connectivity index (χ0) is 17.5. The van der Waals surface area contributed by atoms with Crippen molar-refractivity contribution in [3.8, 4) is 0 Å². The maximum Gasteiger partial charge on any atom is 0.373 e. The third kappa shape index (κ3) is 4.98. The standard InChI is InChI=1S/C19H22O5/c1-4-22-19(21)17-11-15(14-8-6-5-7-9-14)10-16(24-17)12-18(20)23-13(2)3/h5-9,11-13,15H,4,10H2,1-3H3/b16-12+/t15-/m0/s1. The van der Waals surface area contributed by atoms with Gasteiger partial charge >= 0.3 is 11.9 Å². The van der Waals surface area contributed by atoms with E-state index < -0.39 is 11.9 Å². The van der Waals surface area contributed by atoms with E-state index in [0.717, 1.165) is 5.56 Å². The van der Waals surface area contributed by atoms with Gasteiger partial charge < -0.3 is 14.2 Å². The summed E-state index contributed by atoms with van der Waals surface area (Å²) >= 11 is 0. The Labute approximate surface area is 141 Å². The zero-order valence-electron chi connectivity index (χ0n) is 14.2. The number of esters is 2. The van der Waals surface area contributed by atoms with E-state index in [1.165, 1.54) is 6.08 Å². The smallest absolute Gasteiger partial charge is 0.373 e. The number of carbonyl (C=O) groups is 2. The van der Waals surface area contributed by atoms with E-state index in [1.54, 1.807) is 26.8 Å². The highest BCUT2D eigenvalue weighted by Gasteiger charge is 2.26. The van der Waals surface area contributed by atoms with Crippen molar-refractivity contribution < 1.29 is 23.8 Å². The second kappa shape index (κ2) is 8.34. The van der Waals surface area contributed by atoms with Gasteiger partial charge in [-0.2, -0.15) is 0 Å². The summed E-state index contributed by atoms with van der Waals surface area (Å²) < 4.78 is 15.7. The molecule has 0 fully saturated rings. The molecule has 2 rings (SSSR count). The molecule has 0 aliphatic carbocycles. The SMILES string of the molecule is CCOC(=O)C1=C[C@@H](c2ccccc2)C/C(=C\C(=O)OC(C)C)O1. The van der Waals surface area contributed by atoms with Gasteiger partial charge in [0.2, 0.25) is 5.76 Å². The minimum Gasteiger partial charge on any atom is -0.460 e. The van der Waals surface area contributed by atoms with Crippen LogP contribution in [-0.2, 0) is 23.8 Å². The van der Waals surface area contributed by atoms with Gasteiger partial charge in [-0.1, -0.05) is 30.3 Å². The topological polar surface area (TPSA) is 61.8 Å². The first-order valence-corrected chi connectivity index (χ1v) is 8.02. The molecule has 1 aromatic carbocycles. The minimum absolute atomic E-state index is 0.0718. The van der Waals surface area contributed by atoms with Gasteiger partial charge in [-0.25, -0.2) is 9.59 Å². The van der Waals surface area contributed by atoms with E-state index in [0.29, 0.717) is 12.2 Å². The number of hydrogen-bond acceptors (Lipinski definition) is 5. The van der Waals surface area contributed by atoms with Gasteiger partial charge in [-0.3, -0.25) is 0 Å². The Morgan fingerprint density at radius 2 is 2.00 bits per heavy atom. The van der Waals surface area contributed by atoms with Crippen molar-refractivity contribution in [1.29, 1.82) is 0 Å². The molecule has 0 unspecified atom stereocenters. The molecule has 0 N–H and O–H groups in total. The molecule has 0 radical (unpaired) electrons. The second-order valence-electron chi connectivity index (χ2n) is 5.67. The van der Waals surface area contributed by atoms with E-state index in [1.807, 2.05) is 30.3 Å². The lowest BCUT2D eigenvalue weighted by Crippen LogP contribution is -2.18. The van der Waals surface area contributed by atoms with Crippen LogP contribution in [0.15, 0.2) is 54.0 Å². The number of ether oxygens (including phenoxy) is 3. The number of benzene rings is 1. The molecular weight excluding hydrogens is 308 g/mol. The first-order valence-electron chi connectivity index (χ1n) is 8.02. The molecule has 0 aromatic heterocycles. The average molecular weight is 330 g/mol. The normalized spacial score (nSPS) is 18.8. The summed E-state index contributed by atoms with van der Waals surface area (Å²) in [6.07, 6.45) is 3.28. The van der Waals surface area contributed by atoms with Gasteiger partial charge in [-0.05, 0) is 32.4 Å². The summed E-state index contributed by atoms with van der Waals surface area (Å²) in [7, 11) is 0. The molecule has 0 bridgehead atoms. The van der Waals surface area contributed by atoms with Crippen LogP contribution in [0.25, 0.3) is 0 Å². The van der Waals surface area contributed by atoms with Crippen LogP contribution < -0.4 is 0 Å². The van der Waals surface area contributed by atoms with Gasteiger partial charge in [0.25, 0.3) is 0 Å². The molecule has 1 aliphatic heterocycles. The summed E-state index contributed by atoms with van der Waals surface area (Å²) in [6, 6.07) is 9.73. The number of allylic oxidation sites excluding steroid dienone is 2. The summed E-state index contributed by atoms with van der Waals surface area (Å²) in [4.78, 5) is 23.9. The van der Waals surface area contributed by atoms with Crippen LogP contribution in [0, 0.1) is 0 Å². The van der Waals surface area contributed by atoms with Gasteiger partial charge in [-0.15, -0.1) is 0 Å². The number of hydrogen-bond donors (Lipinski definition) is 0. The van der Waals surface area contributed by atoms with Crippen LogP contribution in [0.4, 0.5) is 0 Å². The van der Waals surface area contributed by atoms with Crippen LogP contribution in [0.1, 0.15) is 38.7 Å². The second-order valence-corrected chi connectivity index (χ2v) is 5.67. The summed E-state index contributed by atoms with van der Waals surface area (Å²) in [5.74, 6) is -0.615. The van der Waals surface area contributed by atoms with E-state index in [-0.39, 0.29) is 24.4 Å². The fourth-order valence-corrected chi connectivity index (χ4v) is 2.39. The van der Waals surface area contributed by atoms with Crippen LogP contribution in [0.5, 0.6) is 0 Å². The molecule has 128 valence electrons. The van der Waals surface area contributed by atoms with Crippen molar-refractivity contribution in [3.63, 3.8) is 0 Å². The van der Waals surface area contributed by atoms with Gasteiger partial charge in [0.1, 0.15) is 5.76 Å². The van der Waals surface area contributed by atoms with Gasteiger partial charge in [0.05, 0.1) is 18.8 Å². The Kier molecular flexibility index (Phi) is 6.18. The van der Waals surface area contributed by atoms with E-state index in [4.69, 9.17) is 14.2 Å². The van der Waals surface area contributed by atoms with Crippen LogP contribution in [-0.4, -0.2) is 24.6 Å². The summed E-state index contributed by atoms with van der Waals surface area (Å²) in [6.45, 7) is 5.53. The average Bonchev–Trinajstić information content (AvgIpc) is 2.54. The van der Waals surface area contributed by atoms with Crippen LogP contribution in [0.2, 0.25) is 0 Å². The van der Waals surface area contributed by atoms with E-state index in [2.05, 4.69) is 0 Å². The largest absolute Gasteiger partial charge is 0.460 e. The Morgan fingerprint density at radius 3 is 2.62 bits per heavy atom. The molecule has 1 aromatic rings. The zero-order valence-corrected chi connectivity index (χ0v) is 14.2. The lowest BCUT2D eigenvalue weighted by Gasteiger charge is -2.23. The van der Waals surface area contributed by atoms with Crippen molar-refractivity contribution in [3.05, 3.63) is 59.6 Å². The minimum atomic E-state index is -0.541. The monoisotopic (exact) mass is 330 g/mol. The molecular formula is C19H22O5. The highest BCUT2D eigenvalue weighted by molar-refractivity contribution is 5.87. The Balaban J connectivity index is 2.27. The first kappa shape index (κ1) is 17.8. The molecule has 24 heavy (non-hydrogen) atoms. The maximum atomic E-state index is 12.0. The fourth-order valence-electron chi connectivity index (χ4n) is 2.39. The fraction of sp³-hybridized carbons (Fsp3) is 0.368. The number of rotatable bonds is 5. The van der Waals surface area contributed by atoms with Crippen molar-refractivity contribution >= 4 is 11.9 Å². The molecule has 0 saturated heterocycles. The maximum absolute atomic E-state index is 12.0. The Hall–Kier alpha value is -2.56. The Bertz CT molecular complexity index is 643. The molecule has 5 nitrogen and oxygen atoms in total. The van der Waals surface area contributed by atoms with Gasteiger partial charge in [0.15, 0.2) is 0 Å². The molecule has 0 saturated carbocycles. The molecule has 1 atom stereocenters. The van der Waals surface area contributed by atoms with Crippen LogP contribution in [0.3, 0.4) is 0 Å². The molecule has 5 heteroatoms. The lowest BCUT2D eigenvalue weighted by atomic mass is 9.92. The van der Waals surface area contributed by atoms with E-state index >= 15 is 0 Å². The molecule has 0 spiro atoms. The van der Waals surface area contributed by atoms with Gasteiger partial charge in [0, 0.05) is 12.3 Å². The van der Waals surface area contributed by atoms with E-state index in [9.17, 15) is 9.59 Å². The Morgan fingerprint density at radius 1 is 1.29 bits per heavy atom. The highest BCUT2D eigenvalue weighted by atomic mass is 16.6. The van der Waals surface area contributed by atoms with Crippen molar-refractivity contribution in [2.75, 3.05) is 6.61 Å². The summed E-state index contributed by atoms with van der Waals surface area (Å²) in [5.41, 5.74) is 1.03. The predicted octanol–water partition coefficient (Wildman–Crippen LogP) is 3.47. The third-order valence-corrected chi connectivity index (χ3v) is 3.35. The van der Waals surface area contributed by atoms with Crippen molar-refractivity contribution in [2.24, 2.45) is 0 Å². The molecule has 1 aliphatic rings. The predicted molar refractivity (Wildman–Crippen MR) is 88.9 cm³/mol. The lowest BCUT2D eigenvalue weighted by molar-refractivity contribution is -0.143. The highest BCUT2D eigenvalue weighted by Crippen LogP contribution is 2.33. The summed E-state index contributed by atoms with van der Waals surface area (Å²) in [5, 5.41) is 0. The third-order valence-electron chi connectivity index (χ3n) is 3.35. The van der Waals surface area contributed by atoms with Crippen LogP contribution >= 0.6 is 0 Å². The quantitative estimate of drug-likeness (QED) is 0.611. The number of carbonyl (C=O) groups excluding carboxylic acids is 2. The molecule has 0 amide bonds. The van der Waals surface area contributed by atoms with Crippen molar-refractivity contribution in [2.45, 2.75) is 39.2 Å². The first-order chi connectivity index (χ1) is 11.5. The molecule has 1 heterocycles.